The maximum Gasteiger partial charge on any atom is 0.196 e. The number of hydrogen-bond donors (Lipinski definition) is 1. The van der Waals surface area contributed by atoms with Gasteiger partial charge < -0.3 is 14.2 Å². The first-order chi connectivity index (χ1) is 13.7. The van der Waals surface area contributed by atoms with E-state index in [0.717, 1.165) is 12.2 Å². The SMILES string of the molecule is CCCCCCCCOc1ccc(C(=O)c2cccc3c2OC(N)CO3)cc1. The molecular formula is C23H29NO4. The lowest BCUT2D eigenvalue weighted by Crippen LogP contribution is -2.37. The minimum atomic E-state index is -0.570. The van der Waals surface area contributed by atoms with Crippen LogP contribution in [0, 0.1) is 0 Å². The number of benzene rings is 2. The number of ketones is 1. The summed E-state index contributed by atoms with van der Waals surface area (Å²) in [6.07, 6.45) is 6.82. The van der Waals surface area contributed by atoms with Gasteiger partial charge in [-0.2, -0.15) is 0 Å². The second-order valence-electron chi connectivity index (χ2n) is 7.07. The Morgan fingerprint density at radius 3 is 2.61 bits per heavy atom. The van der Waals surface area contributed by atoms with Crippen LogP contribution in [0.4, 0.5) is 0 Å². The first-order valence-electron chi connectivity index (χ1n) is 10.1. The van der Waals surface area contributed by atoms with Crippen LogP contribution in [0.3, 0.4) is 0 Å². The van der Waals surface area contributed by atoms with Crippen LogP contribution < -0.4 is 19.9 Å². The maximum absolute atomic E-state index is 12.9. The standard InChI is InChI=1S/C23H29NO4/c1-2-3-4-5-6-7-15-26-18-13-11-17(12-14-18)22(25)19-9-8-10-20-23(19)28-21(24)16-27-20/h8-14,21H,2-7,15-16,24H2,1H3. The number of unbranched alkanes of at least 4 members (excludes halogenated alkanes) is 5. The molecule has 5 nitrogen and oxygen atoms in total. The maximum atomic E-state index is 12.9. The van der Waals surface area contributed by atoms with Crippen LogP contribution in [-0.4, -0.2) is 25.2 Å². The third kappa shape index (κ3) is 5.26. The Bertz CT molecular complexity index is 773. The Balaban J connectivity index is 1.56. The van der Waals surface area contributed by atoms with E-state index in [-0.39, 0.29) is 12.4 Å². The Morgan fingerprint density at radius 1 is 1.07 bits per heavy atom. The van der Waals surface area contributed by atoms with Gasteiger partial charge in [0.15, 0.2) is 23.5 Å². The summed E-state index contributed by atoms with van der Waals surface area (Å²) in [5, 5.41) is 0. The number of ether oxygens (including phenoxy) is 3. The fourth-order valence-electron chi connectivity index (χ4n) is 3.22. The summed E-state index contributed by atoms with van der Waals surface area (Å²) in [4.78, 5) is 12.9. The van der Waals surface area contributed by atoms with Crippen LogP contribution in [0.2, 0.25) is 0 Å². The fourth-order valence-corrected chi connectivity index (χ4v) is 3.22. The average Bonchev–Trinajstić information content (AvgIpc) is 2.72. The van der Waals surface area contributed by atoms with Crippen molar-refractivity contribution in [2.75, 3.05) is 13.2 Å². The monoisotopic (exact) mass is 383 g/mol. The molecule has 0 radical (unpaired) electrons. The first kappa shape index (κ1) is 20.2. The highest BCUT2D eigenvalue weighted by Crippen LogP contribution is 2.35. The van der Waals surface area contributed by atoms with Crippen molar-refractivity contribution in [1.82, 2.24) is 0 Å². The predicted octanol–water partition coefficient (Wildman–Crippen LogP) is 4.71. The predicted molar refractivity (Wildman–Crippen MR) is 109 cm³/mol. The molecule has 5 heteroatoms. The summed E-state index contributed by atoms with van der Waals surface area (Å²) >= 11 is 0. The highest BCUT2D eigenvalue weighted by Gasteiger charge is 2.24. The zero-order chi connectivity index (χ0) is 19.8. The van der Waals surface area contributed by atoms with E-state index in [1.54, 1.807) is 30.3 Å². The van der Waals surface area contributed by atoms with Crippen LogP contribution in [-0.2, 0) is 0 Å². The van der Waals surface area contributed by atoms with Crippen LogP contribution >= 0.6 is 0 Å². The minimum absolute atomic E-state index is 0.128. The molecule has 150 valence electrons. The largest absolute Gasteiger partial charge is 0.494 e. The van der Waals surface area contributed by atoms with Crippen LogP contribution in [0.1, 0.15) is 61.4 Å². The molecule has 0 aromatic heterocycles. The third-order valence-electron chi connectivity index (χ3n) is 4.78. The van der Waals surface area contributed by atoms with Gasteiger partial charge in [0.2, 0.25) is 0 Å². The number of rotatable bonds is 10. The van der Waals surface area contributed by atoms with Crippen LogP contribution in [0.5, 0.6) is 17.2 Å². The molecule has 2 aromatic carbocycles. The van der Waals surface area contributed by atoms with Crippen molar-refractivity contribution in [1.29, 1.82) is 0 Å². The van der Waals surface area contributed by atoms with Crippen molar-refractivity contribution in [3.05, 3.63) is 53.6 Å². The first-order valence-corrected chi connectivity index (χ1v) is 10.1. The number of carbonyl (C=O) groups excluding carboxylic acids is 1. The molecular weight excluding hydrogens is 354 g/mol. The molecule has 1 heterocycles. The minimum Gasteiger partial charge on any atom is -0.494 e. The van der Waals surface area contributed by atoms with Gasteiger partial charge in [0, 0.05) is 5.56 Å². The lowest BCUT2D eigenvalue weighted by atomic mass is 10.0. The lowest BCUT2D eigenvalue weighted by molar-refractivity contribution is 0.0901. The molecule has 0 aliphatic carbocycles. The van der Waals surface area contributed by atoms with Gasteiger partial charge in [0.25, 0.3) is 0 Å². The molecule has 0 saturated carbocycles. The van der Waals surface area contributed by atoms with Gasteiger partial charge in [-0.05, 0) is 42.8 Å². The summed E-state index contributed by atoms with van der Waals surface area (Å²) in [7, 11) is 0. The van der Waals surface area contributed by atoms with E-state index in [0.29, 0.717) is 29.2 Å². The van der Waals surface area contributed by atoms with Gasteiger partial charge in [-0.3, -0.25) is 10.5 Å². The van der Waals surface area contributed by atoms with Crippen molar-refractivity contribution < 1.29 is 19.0 Å². The second-order valence-corrected chi connectivity index (χ2v) is 7.07. The third-order valence-corrected chi connectivity index (χ3v) is 4.78. The molecule has 1 unspecified atom stereocenters. The van der Waals surface area contributed by atoms with Gasteiger partial charge >= 0.3 is 0 Å². The number of hydrogen-bond acceptors (Lipinski definition) is 5. The Kier molecular flexibility index (Phi) is 7.31. The molecule has 1 aliphatic heterocycles. The van der Waals surface area contributed by atoms with E-state index < -0.39 is 6.23 Å². The van der Waals surface area contributed by atoms with Gasteiger partial charge in [-0.1, -0.05) is 45.1 Å². The Labute approximate surface area is 166 Å². The van der Waals surface area contributed by atoms with Gasteiger partial charge in [-0.15, -0.1) is 0 Å². The van der Waals surface area contributed by atoms with Crippen LogP contribution in [0.15, 0.2) is 42.5 Å². The normalized spacial score (nSPS) is 15.3. The highest BCUT2D eigenvalue weighted by atomic mass is 16.6. The summed E-state index contributed by atoms with van der Waals surface area (Å²) in [5.74, 6) is 1.61. The van der Waals surface area contributed by atoms with Crippen LogP contribution in [0.25, 0.3) is 0 Å². The van der Waals surface area contributed by atoms with E-state index >= 15 is 0 Å². The molecule has 1 atom stereocenters. The quantitative estimate of drug-likeness (QED) is 0.475. The van der Waals surface area contributed by atoms with E-state index in [9.17, 15) is 4.79 Å². The molecule has 1 aliphatic rings. The topological polar surface area (TPSA) is 70.8 Å². The smallest absolute Gasteiger partial charge is 0.196 e. The zero-order valence-electron chi connectivity index (χ0n) is 16.5. The van der Waals surface area contributed by atoms with Crippen molar-refractivity contribution in [2.24, 2.45) is 5.73 Å². The van der Waals surface area contributed by atoms with Crippen molar-refractivity contribution in [3.8, 4) is 17.2 Å². The second kappa shape index (κ2) is 10.1. The van der Waals surface area contributed by atoms with E-state index in [1.807, 2.05) is 12.1 Å². The summed E-state index contributed by atoms with van der Waals surface area (Å²) in [6, 6.07) is 12.5. The molecule has 0 fully saturated rings. The van der Waals surface area contributed by atoms with E-state index in [2.05, 4.69) is 6.92 Å². The zero-order valence-corrected chi connectivity index (χ0v) is 16.5. The van der Waals surface area contributed by atoms with Crippen molar-refractivity contribution in [2.45, 2.75) is 51.7 Å². The summed E-state index contributed by atoms with van der Waals surface area (Å²) < 4.78 is 17.0. The van der Waals surface area contributed by atoms with Gasteiger partial charge in [-0.25, -0.2) is 0 Å². The molecule has 0 bridgehead atoms. The number of fused-ring (bicyclic) bond motifs is 1. The van der Waals surface area contributed by atoms with Crippen molar-refractivity contribution >= 4 is 5.78 Å². The number of para-hydroxylation sites is 1. The average molecular weight is 383 g/mol. The lowest BCUT2D eigenvalue weighted by Gasteiger charge is -2.25. The molecule has 0 spiro atoms. The Hall–Kier alpha value is -2.53. The Morgan fingerprint density at radius 2 is 1.82 bits per heavy atom. The molecule has 2 N–H and O–H groups in total. The molecule has 3 rings (SSSR count). The van der Waals surface area contributed by atoms with E-state index in [4.69, 9.17) is 19.9 Å². The number of carbonyl (C=O) groups is 1. The van der Waals surface area contributed by atoms with Gasteiger partial charge in [0.05, 0.1) is 12.2 Å². The van der Waals surface area contributed by atoms with Crippen molar-refractivity contribution in [3.63, 3.8) is 0 Å². The molecule has 0 saturated heterocycles. The van der Waals surface area contributed by atoms with E-state index in [1.165, 1.54) is 32.1 Å². The van der Waals surface area contributed by atoms with Gasteiger partial charge in [0.1, 0.15) is 12.4 Å². The molecule has 2 aromatic rings. The molecule has 28 heavy (non-hydrogen) atoms. The number of nitrogens with two attached hydrogens (primary N) is 1. The summed E-state index contributed by atoms with van der Waals surface area (Å²) in [5.41, 5.74) is 6.82. The molecule has 0 amide bonds. The highest BCUT2D eigenvalue weighted by molar-refractivity contribution is 6.11. The summed E-state index contributed by atoms with van der Waals surface area (Å²) in [6.45, 7) is 3.20. The fraction of sp³-hybridized carbons (Fsp3) is 0.435.